The minimum Gasteiger partial charge on any atom is -0.481 e. The van der Waals surface area contributed by atoms with Crippen molar-refractivity contribution in [3.05, 3.63) is 35.9 Å². The van der Waals surface area contributed by atoms with Crippen molar-refractivity contribution in [1.82, 2.24) is 42.5 Å². The molecule has 0 spiro atoms. The van der Waals surface area contributed by atoms with Gasteiger partial charge in [-0.05, 0) is 68.4 Å². The van der Waals surface area contributed by atoms with Crippen LogP contribution in [0.3, 0.4) is 0 Å². The summed E-state index contributed by atoms with van der Waals surface area (Å²) in [6.45, 7) is 8.83. The van der Waals surface area contributed by atoms with E-state index in [0.29, 0.717) is 19.4 Å². The quantitative estimate of drug-likeness (QED) is 0.0320. The van der Waals surface area contributed by atoms with Crippen LogP contribution in [-0.2, 0) is 59.2 Å². The molecule has 1 aromatic rings. The van der Waals surface area contributed by atoms with Crippen molar-refractivity contribution in [2.45, 2.75) is 135 Å². The largest absolute Gasteiger partial charge is 0.481 e. The molecule has 0 aliphatic carbocycles. The summed E-state index contributed by atoms with van der Waals surface area (Å²) in [5.41, 5.74) is 17.7. The average Bonchev–Trinajstić information content (AvgIpc) is 3.25. The zero-order valence-electron chi connectivity index (χ0n) is 39.6. The van der Waals surface area contributed by atoms with Crippen molar-refractivity contribution in [2.75, 3.05) is 19.6 Å². The van der Waals surface area contributed by atoms with E-state index in [9.17, 15) is 63.0 Å². The maximum Gasteiger partial charge on any atom is 0.326 e. The molecule has 0 aromatic heterocycles. The summed E-state index contributed by atoms with van der Waals surface area (Å²) >= 11 is 0. The normalized spacial score (nSPS) is 14.2. The lowest BCUT2D eigenvalue weighted by molar-refractivity contribution is -0.143. The first-order valence-electron chi connectivity index (χ1n) is 22.4. The molecule has 68 heavy (non-hydrogen) atoms. The number of carboxylic acid groups (broad SMARTS) is 2. The highest BCUT2D eigenvalue weighted by Crippen LogP contribution is 2.11. The summed E-state index contributed by atoms with van der Waals surface area (Å²) in [6, 6.07) is -0.147. The first-order chi connectivity index (χ1) is 31.9. The summed E-state index contributed by atoms with van der Waals surface area (Å²) < 4.78 is 0. The predicted molar refractivity (Wildman–Crippen MR) is 246 cm³/mol. The number of nitrogens with one attached hydrogen (secondary N) is 8. The van der Waals surface area contributed by atoms with Gasteiger partial charge in [-0.25, -0.2) is 4.79 Å². The van der Waals surface area contributed by atoms with Gasteiger partial charge in [0.2, 0.25) is 53.2 Å². The second-order valence-corrected chi connectivity index (χ2v) is 17.4. The molecule has 0 saturated heterocycles. The van der Waals surface area contributed by atoms with Gasteiger partial charge in [-0.3, -0.25) is 47.9 Å². The zero-order valence-corrected chi connectivity index (χ0v) is 39.6. The van der Waals surface area contributed by atoms with Gasteiger partial charge in [0.15, 0.2) is 0 Å². The number of carbonyl (C=O) groups is 11. The Balaban J connectivity index is 3.03. The van der Waals surface area contributed by atoms with Gasteiger partial charge in [-0.15, -0.1) is 0 Å². The summed E-state index contributed by atoms with van der Waals surface area (Å²) in [5, 5.41) is 38.0. The Morgan fingerprint density at radius 3 is 1.53 bits per heavy atom. The van der Waals surface area contributed by atoms with Crippen LogP contribution in [0.5, 0.6) is 0 Å². The highest BCUT2D eigenvalue weighted by Gasteiger charge is 2.34. The van der Waals surface area contributed by atoms with Gasteiger partial charge in [-0.2, -0.15) is 0 Å². The maximum absolute atomic E-state index is 13.7. The Bertz CT molecular complexity index is 1900. The van der Waals surface area contributed by atoms with Gasteiger partial charge in [0.1, 0.15) is 36.3 Å². The van der Waals surface area contributed by atoms with Crippen LogP contribution in [0.25, 0.3) is 0 Å². The van der Waals surface area contributed by atoms with E-state index in [1.165, 1.54) is 0 Å². The fraction of sp³-hybridized carbons (Fsp3) is 0.614. The fourth-order valence-corrected chi connectivity index (χ4v) is 6.54. The van der Waals surface area contributed by atoms with Crippen LogP contribution < -0.4 is 59.7 Å². The monoisotopic (exact) mass is 962 g/mol. The topological polar surface area (TPSA) is 403 Å². The van der Waals surface area contributed by atoms with E-state index in [1.807, 2.05) is 6.07 Å². The molecule has 0 heterocycles. The van der Waals surface area contributed by atoms with Gasteiger partial charge < -0.3 is 69.9 Å². The Hall–Kier alpha value is -6.69. The van der Waals surface area contributed by atoms with Crippen LogP contribution in [0.2, 0.25) is 0 Å². The predicted octanol–water partition coefficient (Wildman–Crippen LogP) is -2.99. The fourth-order valence-electron chi connectivity index (χ4n) is 6.54. The van der Waals surface area contributed by atoms with Crippen molar-refractivity contribution in [3.63, 3.8) is 0 Å². The molecule has 24 nitrogen and oxygen atoms in total. The summed E-state index contributed by atoms with van der Waals surface area (Å²) in [4.78, 5) is 141. The molecular weight excluding hydrogens is 891 g/mol. The van der Waals surface area contributed by atoms with Crippen molar-refractivity contribution < 1.29 is 63.0 Å². The summed E-state index contributed by atoms with van der Waals surface area (Å²) in [5.74, 6) is -11.8. The summed E-state index contributed by atoms with van der Waals surface area (Å²) in [6.07, 6.45) is -0.576. The molecule has 0 saturated carbocycles. The Morgan fingerprint density at radius 2 is 1.06 bits per heavy atom. The van der Waals surface area contributed by atoms with Crippen LogP contribution in [0.15, 0.2) is 30.3 Å². The molecule has 1 rings (SSSR count). The van der Waals surface area contributed by atoms with E-state index in [2.05, 4.69) is 42.5 Å². The minimum absolute atomic E-state index is 0.00652. The second-order valence-electron chi connectivity index (χ2n) is 17.4. The van der Waals surface area contributed by atoms with Gasteiger partial charge >= 0.3 is 11.9 Å². The molecule has 7 atom stereocenters. The number of primary amides is 1. The number of hydrogen-bond donors (Lipinski definition) is 13. The van der Waals surface area contributed by atoms with Gasteiger partial charge in [0, 0.05) is 6.42 Å². The number of carboxylic acids is 2. The molecule has 1 aromatic carbocycles. The third kappa shape index (κ3) is 23.2. The molecule has 0 fully saturated rings. The van der Waals surface area contributed by atoms with Crippen LogP contribution >= 0.6 is 0 Å². The lowest BCUT2D eigenvalue weighted by Crippen LogP contribution is -2.59. The van der Waals surface area contributed by atoms with Gasteiger partial charge in [-0.1, -0.05) is 71.9 Å². The van der Waals surface area contributed by atoms with Crippen LogP contribution in [0, 0.1) is 17.8 Å². The first-order valence-corrected chi connectivity index (χ1v) is 22.4. The molecule has 16 N–H and O–H groups in total. The maximum atomic E-state index is 13.7. The number of unbranched alkanes of at least 4 members (excludes halogenated alkanes) is 1. The van der Waals surface area contributed by atoms with Crippen molar-refractivity contribution in [2.24, 2.45) is 35.0 Å². The van der Waals surface area contributed by atoms with Crippen LogP contribution in [-0.4, -0.2) is 137 Å². The first kappa shape index (κ1) is 59.3. The number of benzene rings is 1. The number of hydrogen-bond acceptors (Lipinski definition) is 13. The SMILES string of the molecule is CC(C)C[C@H](NC(=O)[C@H](CC(N)=O)NC(=O)CNC(=O)[C@@H](NC(=O)[C@@H](N)Cc1ccccc1)C(C)C)C(=O)N[C@H](C(=O)NCC(=O)N[C@@H](CCC(=O)O)C(=O)N[C@@H](CCCCN)C(=O)O)C(C)C. The van der Waals surface area contributed by atoms with Crippen molar-refractivity contribution >= 4 is 65.1 Å². The number of amides is 9. The van der Waals surface area contributed by atoms with Gasteiger partial charge in [0.05, 0.1) is 25.6 Å². The smallest absolute Gasteiger partial charge is 0.326 e. The molecular formula is C44H71N11O13. The second kappa shape index (κ2) is 30.6. The Kier molecular flexibility index (Phi) is 26.7. The van der Waals surface area contributed by atoms with Crippen molar-refractivity contribution in [1.29, 1.82) is 0 Å². The highest BCUT2D eigenvalue weighted by molar-refractivity contribution is 5.98. The molecule has 0 unspecified atom stereocenters. The van der Waals surface area contributed by atoms with Crippen LogP contribution in [0.4, 0.5) is 0 Å². The number of carbonyl (C=O) groups excluding carboxylic acids is 9. The molecule has 0 radical (unpaired) electrons. The summed E-state index contributed by atoms with van der Waals surface area (Å²) in [7, 11) is 0. The highest BCUT2D eigenvalue weighted by atomic mass is 16.4. The minimum atomic E-state index is -1.62. The standard InChI is InChI=1S/C44H71N11O13/c1-23(2)18-30(41(64)55-37(25(5)6)43(66)48-21-33(57)50-28(15-16-35(59)60)39(62)52-29(44(67)68)14-10-11-17-45)53-40(63)31(20-32(47)56)51-34(58)22-49-42(65)36(24(3)4)54-38(61)27(46)19-26-12-8-7-9-13-26/h7-9,12-13,23-25,27-31,36-37H,10-11,14-22,45-46H2,1-6H3,(H2,47,56)(H,48,66)(H,49,65)(H,50,57)(H,51,58)(H,52,62)(H,53,63)(H,54,61)(H,55,64)(H,59,60)(H,67,68)/t27-,28-,29-,30-,31-,36-,37-/m0/s1. The molecule has 0 aliphatic heterocycles. The third-order valence-corrected chi connectivity index (χ3v) is 10.2. The zero-order chi connectivity index (χ0) is 51.7. The Morgan fingerprint density at radius 1 is 0.574 bits per heavy atom. The Labute approximate surface area is 395 Å². The van der Waals surface area contributed by atoms with E-state index in [0.717, 1.165) is 5.56 Å². The van der Waals surface area contributed by atoms with Crippen LogP contribution in [0.1, 0.15) is 92.1 Å². The molecule has 0 bridgehead atoms. The van der Waals surface area contributed by atoms with E-state index in [4.69, 9.17) is 17.2 Å². The number of aliphatic carboxylic acids is 2. The van der Waals surface area contributed by atoms with Crippen molar-refractivity contribution in [3.8, 4) is 0 Å². The van der Waals surface area contributed by atoms with Gasteiger partial charge in [0.25, 0.3) is 0 Å². The van der Waals surface area contributed by atoms with E-state index in [1.54, 1.807) is 65.8 Å². The van der Waals surface area contributed by atoms with E-state index >= 15 is 0 Å². The lowest BCUT2D eigenvalue weighted by atomic mass is 9.99. The molecule has 24 heteroatoms. The number of nitrogens with two attached hydrogens (primary N) is 3. The molecule has 0 aliphatic rings. The lowest BCUT2D eigenvalue weighted by Gasteiger charge is -2.27. The number of rotatable bonds is 32. The van der Waals surface area contributed by atoms with E-state index in [-0.39, 0.29) is 25.2 Å². The average molecular weight is 962 g/mol. The molecule has 9 amide bonds. The molecule has 380 valence electrons. The van der Waals surface area contributed by atoms with E-state index < -0.39 is 152 Å². The third-order valence-electron chi connectivity index (χ3n) is 10.2.